The average Bonchev–Trinajstić information content (AvgIpc) is 3.10. The molecule has 4 heterocycles. The third kappa shape index (κ3) is 4.40. The Balaban J connectivity index is 1.79. The molecule has 12 heteroatoms. The summed E-state index contributed by atoms with van der Waals surface area (Å²) in [7, 11) is 1.66. The minimum absolute atomic E-state index is 0.00407. The van der Waals surface area contributed by atoms with Gasteiger partial charge in [-0.2, -0.15) is 4.98 Å². The molecule has 1 N–H and O–H groups in total. The highest BCUT2D eigenvalue weighted by Crippen LogP contribution is 2.48. The number of aromatic nitrogens is 3. The number of phenols is 1. The average molecular weight is 621 g/mol. The summed E-state index contributed by atoms with van der Waals surface area (Å²) in [6, 6.07) is 5.51. The van der Waals surface area contributed by atoms with Crippen molar-refractivity contribution in [1.82, 2.24) is 19.4 Å². The topological polar surface area (TPSA) is 94.8 Å². The summed E-state index contributed by atoms with van der Waals surface area (Å²) < 4.78 is 35.4. The summed E-state index contributed by atoms with van der Waals surface area (Å²) in [5.74, 6) is -2.73. The van der Waals surface area contributed by atoms with Crippen LogP contribution in [0.25, 0.3) is 27.7 Å². The largest absolute Gasteiger partial charge is 0.507 e. The van der Waals surface area contributed by atoms with E-state index >= 15 is 8.78 Å². The van der Waals surface area contributed by atoms with Gasteiger partial charge in [0.15, 0.2) is 11.6 Å². The number of hydrogen-bond donors (Lipinski definition) is 1. The molecule has 44 heavy (non-hydrogen) atoms. The summed E-state index contributed by atoms with van der Waals surface area (Å²) in [6.45, 7) is 10.3. The van der Waals surface area contributed by atoms with Gasteiger partial charge in [0.05, 0.1) is 39.1 Å². The molecular formula is C32H31ClF2N6O3. The molecule has 2 aliphatic rings. The number of pyridine rings is 1. The predicted octanol–water partition coefficient (Wildman–Crippen LogP) is 5.17. The number of carbonyl (C=O) groups excluding carboxylic acids is 1. The monoisotopic (exact) mass is 620 g/mol. The van der Waals surface area contributed by atoms with Crippen LogP contribution in [0.1, 0.15) is 31.0 Å². The Labute approximate surface area is 257 Å². The van der Waals surface area contributed by atoms with Crippen molar-refractivity contribution in [2.45, 2.75) is 32.7 Å². The Morgan fingerprint density at radius 1 is 1.14 bits per heavy atom. The molecule has 228 valence electrons. The number of amides is 1. The molecule has 0 saturated carbocycles. The van der Waals surface area contributed by atoms with E-state index in [2.05, 4.69) is 16.5 Å². The van der Waals surface area contributed by atoms with Gasteiger partial charge in [0.25, 0.3) is 0 Å². The fraction of sp³-hybridized carbons (Fsp3) is 0.312. The standard InChI is InChI=1S/C32H31ClF2N6O3/c1-6-21(43)39-12-13-40-18(15-39)14-38(5)29-24-30(26(35)23(25(29)34)22-19(33)8-7-9-20(22)42)41(32(44)37-31(24)40)28-17(4)10-11-36-27(28)16(2)3/h6-11,16,18,42H,1,12-15H2,2-5H3. The normalized spacial score (nSPS) is 16.4. The van der Waals surface area contributed by atoms with Crippen molar-refractivity contribution in [2.24, 2.45) is 0 Å². The molecule has 6 rings (SSSR count). The van der Waals surface area contributed by atoms with Crippen molar-refractivity contribution in [2.75, 3.05) is 43.0 Å². The number of aryl methyl sites for hydroxylation is 1. The van der Waals surface area contributed by atoms with Crippen molar-refractivity contribution < 1.29 is 18.7 Å². The van der Waals surface area contributed by atoms with Crippen LogP contribution in [0.2, 0.25) is 5.02 Å². The number of piperazine rings is 1. The van der Waals surface area contributed by atoms with Crippen LogP contribution >= 0.6 is 11.6 Å². The van der Waals surface area contributed by atoms with E-state index in [1.54, 1.807) is 36.0 Å². The first-order chi connectivity index (χ1) is 21.0. The minimum Gasteiger partial charge on any atom is -0.507 e. The molecular weight excluding hydrogens is 590 g/mol. The second-order valence-electron chi connectivity index (χ2n) is 11.5. The van der Waals surface area contributed by atoms with Crippen LogP contribution in [0.5, 0.6) is 5.75 Å². The molecule has 0 aliphatic carbocycles. The third-order valence-corrected chi connectivity index (χ3v) is 8.76. The van der Waals surface area contributed by atoms with Crippen molar-refractivity contribution in [3.05, 3.63) is 81.5 Å². The third-order valence-electron chi connectivity index (χ3n) is 8.44. The number of hydrogen-bond acceptors (Lipinski definition) is 7. The van der Waals surface area contributed by atoms with Gasteiger partial charge in [0.1, 0.15) is 17.1 Å². The molecule has 0 spiro atoms. The Bertz CT molecular complexity index is 1910. The van der Waals surface area contributed by atoms with Crippen LogP contribution < -0.4 is 15.5 Å². The van der Waals surface area contributed by atoms with Gasteiger partial charge in [-0.1, -0.05) is 38.1 Å². The molecule has 0 radical (unpaired) electrons. The van der Waals surface area contributed by atoms with E-state index in [4.69, 9.17) is 11.6 Å². The Kier molecular flexibility index (Phi) is 7.31. The number of phenolic OH excluding ortho intramolecular Hbond substituents is 1. The smallest absolute Gasteiger partial charge is 0.354 e. The molecule has 1 unspecified atom stereocenters. The van der Waals surface area contributed by atoms with Crippen LogP contribution in [-0.4, -0.2) is 69.7 Å². The molecule has 9 nitrogen and oxygen atoms in total. The number of likely N-dealkylation sites (N-methyl/N-ethyl adjacent to an activating group) is 1. The minimum atomic E-state index is -1.07. The molecule has 4 aromatic rings. The number of benzene rings is 2. The fourth-order valence-corrected chi connectivity index (χ4v) is 6.71. The Morgan fingerprint density at radius 2 is 1.89 bits per heavy atom. The molecule has 1 atom stereocenters. The number of anilines is 2. The van der Waals surface area contributed by atoms with E-state index in [1.165, 1.54) is 24.3 Å². The SMILES string of the molecule is C=CC(=O)N1CCN2c3nc(=O)n(-c4c(C)ccnc4C(C)C)c4c(F)c(-c5c(O)cccc5Cl)c(F)c(c34)N(C)CC2C1. The second-order valence-corrected chi connectivity index (χ2v) is 11.9. The van der Waals surface area contributed by atoms with Gasteiger partial charge in [-0.15, -0.1) is 0 Å². The maximum absolute atomic E-state index is 17.3. The summed E-state index contributed by atoms with van der Waals surface area (Å²) in [4.78, 5) is 40.8. The van der Waals surface area contributed by atoms with Gasteiger partial charge in [0.2, 0.25) is 5.91 Å². The van der Waals surface area contributed by atoms with Crippen LogP contribution in [0.4, 0.5) is 20.3 Å². The lowest BCUT2D eigenvalue weighted by Gasteiger charge is -2.41. The zero-order valence-electron chi connectivity index (χ0n) is 24.7. The van der Waals surface area contributed by atoms with Crippen LogP contribution in [-0.2, 0) is 4.79 Å². The van der Waals surface area contributed by atoms with Crippen molar-refractivity contribution in [3.8, 4) is 22.6 Å². The van der Waals surface area contributed by atoms with Gasteiger partial charge >= 0.3 is 5.69 Å². The molecule has 1 amide bonds. The molecule has 1 fully saturated rings. The predicted molar refractivity (Wildman–Crippen MR) is 167 cm³/mol. The number of aromatic hydroxyl groups is 1. The number of halogens is 3. The first-order valence-corrected chi connectivity index (χ1v) is 14.6. The van der Waals surface area contributed by atoms with E-state index in [1.807, 2.05) is 18.7 Å². The lowest BCUT2D eigenvalue weighted by Crippen LogP contribution is -2.57. The van der Waals surface area contributed by atoms with Crippen molar-refractivity contribution in [3.63, 3.8) is 0 Å². The number of fused-ring (bicyclic) bond motifs is 2. The molecule has 2 aromatic heterocycles. The first kappa shape index (κ1) is 29.6. The van der Waals surface area contributed by atoms with Crippen molar-refractivity contribution in [1.29, 1.82) is 0 Å². The van der Waals surface area contributed by atoms with E-state index in [9.17, 15) is 14.7 Å². The maximum atomic E-state index is 17.3. The van der Waals surface area contributed by atoms with Crippen LogP contribution in [0.3, 0.4) is 0 Å². The van der Waals surface area contributed by atoms with Crippen molar-refractivity contribution >= 4 is 39.9 Å². The van der Waals surface area contributed by atoms with Crippen LogP contribution in [0.15, 0.2) is 47.9 Å². The lowest BCUT2D eigenvalue weighted by atomic mass is 9.97. The van der Waals surface area contributed by atoms with Crippen LogP contribution in [0, 0.1) is 18.6 Å². The van der Waals surface area contributed by atoms with Gasteiger partial charge in [-0.3, -0.25) is 14.3 Å². The molecule has 1 saturated heterocycles. The van der Waals surface area contributed by atoms with E-state index in [0.717, 1.165) is 4.57 Å². The number of carbonyl (C=O) groups is 1. The Hall–Kier alpha value is -4.51. The van der Waals surface area contributed by atoms with Gasteiger partial charge in [-0.05, 0) is 42.7 Å². The quantitative estimate of drug-likeness (QED) is 0.315. The summed E-state index contributed by atoms with van der Waals surface area (Å²) in [6.07, 6.45) is 2.86. The van der Waals surface area contributed by atoms with Gasteiger partial charge in [0, 0.05) is 45.0 Å². The lowest BCUT2D eigenvalue weighted by molar-refractivity contribution is -0.126. The highest BCUT2D eigenvalue weighted by atomic mass is 35.5. The summed E-state index contributed by atoms with van der Waals surface area (Å²) >= 11 is 6.46. The van der Waals surface area contributed by atoms with E-state index in [0.29, 0.717) is 23.5 Å². The van der Waals surface area contributed by atoms with Gasteiger partial charge in [-0.25, -0.2) is 13.6 Å². The number of nitrogens with zero attached hydrogens (tertiary/aromatic N) is 6. The van der Waals surface area contributed by atoms with Gasteiger partial charge < -0.3 is 19.8 Å². The van der Waals surface area contributed by atoms with E-state index < -0.39 is 34.7 Å². The zero-order valence-corrected chi connectivity index (χ0v) is 25.5. The highest BCUT2D eigenvalue weighted by molar-refractivity contribution is 6.33. The molecule has 2 aliphatic heterocycles. The second kappa shape index (κ2) is 10.9. The maximum Gasteiger partial charge on any atom is 0.354 e. The highest BCUT2D eigenvalue weighted by Gasteiger charge is 2.39. The van der Waals surface area contributed by atoms with E-state index in [-0.39, 0.29) is 64.5 Å². The fourth-order valence-electron chi connectivity index (χ4n) is 6.44. The summed E-state index contributed by atoms with van der Waals surface area (Å²) in [5.41, 5.74) is -0.254. The number of rotatable bonds is 4. The molecule has 0 bridgehead atoms. The summed E-state index contributed by atoms with van der Waals surface area (Å²) in [5, 5.41) is 10.9. The molecule has 2 aromatic carbocycles. The first-order valence-electron chi connectivity index (χ1n) is 14.3. The zero-order chi connectivity index (χ0) is 31.6. The Morgan fingerprint density at radius 3 is 2.57 bits per heavy atom.